The predicted molar refractivity (Wildman–Crippen MR) is 113 cm³/mol. The van der Waals surface area contributed by atoms with Gasteiger partial charge < -0.3 is 19.4 Å². The van der Waals surface area contributed by atoms with E-state index in [-0.39, 0.29) is 18.5 Å². The molecule has 0 unspecified atom stereocenters. The number of fused-ring (bicyclic) bond motifs is 1. The summed E-state index contributed by atoms with van der Waals surface area (Å²) in [6.07, 6.45) is 0.830. The van der Waals surface area contributed by atoms with Crippen LogP contribution in [0, 0.1) is 19.7 Å². The molecule has 0 saturated heterocycles. The first kappa shape index (κ1) is 20.0. The summed E-state index contributed by atoms with van der Waals surface area (Å²) in [5.41, 5.74) is 5.53. The fraction of sp³-hybridized carbons (Fsp3) is 0.292. The average Bonchev–Trinajstić information content (AvgIpc) is 3.28. The molecule has 0 aliphatic carbocycles. The molecule has 2 heterocycles. The molecule has 1 amide bonds. The van der Waals surface area contributed by atoms with Crippen molar-refractivity contribution in [1.29, 1.82) is 0 Å². The minimum atomic E-state index is -0.279. The molecular weight excluding hydrogens is 383 g/mol. The van der Waals surface area contributed by atoms with Crippen molar-refractivity contribution >= 4 is 5.91 Å². The largest absolute Gasteiger partial charge is 0.454 e. The highest BCUT2D eigenvalue weighted by Gasteiger charge is 2.22. The van der Waals surface area contributed by atoms with E-state index in [0.29, 0.717) is 30.3 Å². The van der Waals surface area contributed by atoms with Gasteiger partial charge in [-0.1, -0.05) is 25.1 Å². The Hall–Kier alpha value is -3.28. The third-order valence-corrected chi connectivity index (χ3v) is 5.61. The predicted octanol–water partition coefficient (Wildman–Crippen LogP) is 4.51. The summed E-state index contributed by atoms with van der Waals surface area (Å²) in [6, 6.07) is 12.1. The quantitative estimate of drug-likeness (QED) is 0.653. The summed E-state index contributed by atoms with van der Waals surface area (Å²) in [6.45, 7) is 7.11. The van der Waals surface area contributed by atoms with Gasteiger partial charge in [-0.3, -0.25) is 4.79 Å². The summed E-state index contributed by atoms with van der Waals surface area (Å²) in [4.78, 5) is 13.2. The third kappa shape index (κ3) is 3.77. The number of amides is 1. The lowest BCUT2D eigenvalue weighted by atomic mass is 10.1. The molecule has 0 bridgehead atoms. The molecule has 0 saturated carbocycles. The van der Waals surface area contributed by atoms with Crippen LogP contribution in [-0.2, 0) is 19.5 Å². The van der Waals surface area contributed by atoms with Crippen LogP contribution in [0.2, 0.25) is 0 Å². The molecule has 3 aromatic rings. The van der Waals surface area contributed by atoms with Crippen LogP contribution in [0.15, 0.2) is 42.5 Å². The van der Waals surface area contributed by atoms with Crippen LogP contribution in [0.3, 0.4) is 0 Å². The maximum atomic E-state index is 13.7. The highest BCUT2D eigenvalue weighted by molar-refractivity contribution is 5.95. The van der Waals surface area contributed by atoms with Gasteiger partial charge in [-0.2, -0.15) is 0 Å². The SMILES string of the molecule is CCc1c(C)c(C(=O)NCc2ccc3c(c2)OCO3)n(Cc2cccc(F)c2)c1C. The monoisotopic (exact) mass is 408 g/mol. The Morgan fingerprint density at radius 2 is 1.90 bits per heavy atom. The van der Waals surface area contributed by atoms with E-state index in [1.807, 2.05) is 42.7 Å². The van der Waals surface area contributed by atoms with Gasteiger partial charge in [-0.05, 0) is 66.8 Å². The van der Waals surface area contributed by atoms with Crippen molar-refractivity contribution in [1.82, 2.24) is 9.88 Å². The topological polar surface area (TPSA) is 52.5 Å². The van der Waals surface area contributed by atoms with Crippen LogP contribution in [0.4, 0.5) is 4.39 Å². The lowest BCUT2D eigenvalue weighted by Crippen LogP contribution is -2.26. The van der Waals surface area contributed by atoms with Crippen LogP contribution < -0.4 is 14.8 Å². The molecule has 1 N–H and O–H groups in total. The second kappa shape index (κ2) is 8.22. The summed E-state index contributed by atoms with van der Waals surface area (Å²) in [5, 5.41) is 3.02. The van der Waals surface area contributed by atoms with Crippen molar-refractivity contribution in [3.8, 4) is 11.5 Å². The zero-order chi connectivity index (χ0) is 21.3. The lowest BCUT2D eigenvalue weighted by Gasteiger charge is -2.13. The van der Waals surface area contributed by atoms with Crippen LogP contribution in [0.5, 0.6) is 11.5 Å². The smallest absolute Gasteiger partial charge is 0.268 e. The number of nitrogens with one attached hydrogen (secondary N) is 1. The molecule has 0 radical (unpaired) electrons. The van der Waals surface area contributed by atoms with Crippen LogP contribution in [-0.4, -0.2) is 17.3 Å². The number of ether oxygens (including phenoxy) is 2. The van der Waals surface area contributed by atoms with E-state index < -0.39 is 0 Å². The second-order valence-corrected chi connectivity index (χ2v) is 7.48. The van der Waals surface area contributed by atoms with E-state index in [4.69, 9.17) is 9.47 Å². The Balaban J connectivity index is 1.59. The number of carbonyl (C=O) groups excluding carboxylic acids is 1. The molecule has 0 fully saturated rings. The summed E-state index contributed by atoms with van der Waals surface area (Å²) in [7, 11) is 0. The maximum absolute atomic E-state index is 13.7. The molecular formula is C24H25FN2O3. The normalized spacial score (nSPS) is 12.3. The first-order chi connectivity index (χ1) is 14.5. The molecule has 1 aliphatic heterocycles. The molecule has 0 atom stereocenters. The standard InChI is InChI=1S/C24H25FN2O3/c1-4-20-15(2)23(27(16(20)3)13-18-6-5-7-19(25)10-18)24(28)26-12-17-8-9-21-22(11-17)30-14-29-21/h5-11H,4,12-14H2,1-3H3,(H,26,28). The fourth-order valence-corrected chi connectivity index (χ4v) is 4.09. The lowest BCUT2D eigenvalue weighted by molar-refractivity contribution is 0.0941. The Kier molecular flexibility index (Phi) is 5.48. The van der Waals surface area contributed by atoms with Crippen molar-refractivity contribution in [3.05, 3.63) is 81.9 Å². The van der Waals surface area contributed by atoms with E-state index in [2.05, 4.69) is 12.2 Å². The van der Waals surface area contributed by atoms with E-state index in [0.717, 1.165) is 34.4 Å². The highest BCUT2D eigenvalue weighted by Crippen LogP contribution is 2.32. The molecule has 30 heavy (non-hydrogen) atoms. The Bertz CT molecular complexity index is 1100. The maximum Gasteiger partial charge on any atom is 0.268 e. The van der Waals surface area contributed by atoms with Gasteiger partial charge in [0.2, 0.25) is 6.79 Å². The third-order valence-electron chi connectivity index (χ3n) is 5.61. The summed E-state index contributed by atoms with van der Waals surface area (Å²) < 4.78 is 26.4. The zero-order valence-electron chi connectivity index (χ0n) is 17.4. The molecule has 1 aliphatic rings. The molecule has 1 aromatic heterocycles. The molecule has 2 aromatic carbocycles. The fourth-order valence-electron chi connectivity index (χ4n) is 4.09. The van der Waals surface area contributed by atoms with Crippen molar-refractivity contribution in [3.63, 3.8) is 0 Å². The van der Waals surface area contributed by atoms with Crippen LogP contribution in [0.25, 0.3) is 0 Å². The summed E-state index contributed by atoms with van der Waals surface area (Å²) >= 11 is 0. The van der Waals surface area contributed by atoms with Crippen LogP contribution >= 0.6 is 0 Å². The van der Waals surface area contributed by atoms with Gasteiger partial charge in [-0.15, -0.1) is 0 Å². The highest BCUT2D eigenvalue weighted by atomic mass is 19.1. The van der Waals surface area contributed by atoms with Crippen molar-refractivity contribution in [2.45, 2.75) is 40.3 Å². The van der Waals surface area contributed by atoms with E-state index in [1.54, 1.807) is 6.07 Å². The van der Waals surface area contributed by atoms with Gasteiger partial charge >= 0.3 is 0 Å². The van der Waals surface area contributed by atoms with Gasteiger partial charge in [0.15, 0.2) is 11.5 Å². The molecule has 4 rings (SSSR count). The number of benzene rings is 2. The second-order valence-electron chi connectivity index (χ2n) is 7.48. The van der Waals surface area contributed by atoms with Crippen molar-refractivity contribution < 1.29 is 18.7 Å². The minimum Gasteiger partial charge on any atom is -0.454 e. The minimum absolute atomic E-state index is 0.149. The van der Waals surface area contributed by atoms with Gasteiger partial charge in [0.05, 0.1) is 0 Å². The number of carbonyl (C=O) groups is 1. The Morgan fingerprint density at radius 1 is 1.10 bits per heavy atom. The number of hydrogen-bond acceptors (Lipinski definition) is 3. The molecule has 6 heteroatoms. The first-order valence-electron chi connectivity index (χ1n) is 10.1. The zero-order valence-corrected chi connectivity index (χ0v) is 17.4. The number of rotatable bonds is 6. The van der Waals surface area contributed by atoms with Gasteiger partial charge in [-0.25, -0.2) is 4.39 Å². The molecule has 156 valence electrons. The van der Waals surface area contributed by atoms with Crippen molar-refractivity contribution in [2.24, 2.45) is 0 Å². The van der Waals surface area contributed by atoms with Gasteiger partial charge in [0.25, 0.3) is 5.91 Å². The van der Waals surface area contributed by atoms with E-state index in [1.165, 1.54) is 12.1 Å². The number of nitrogens with zero attached hydrogens (tertiary/aromatic N) is 1. The molecule has 5 nitrogen and oxygen atoms in total. The van der Waals surface area contributed by atoms with Gasteiger partial charge in [0, 0.05) is 18.8 Å². The van der Waals surface area contributed by atoms with E-state index in [9.17, 15) is 9.18 Å². The number of hydrogen-bond donors (Lipinski definition) is 1. The van der Waals surface area contributed by atoms with Crippen molar-refractivity contribution in [2.75, 3.05) is 6.79 Å². The van der Waals surface area contributed by atoms with E-state index >= 15 is 0 Å². The van der Waals surface area contributed by atoms with Crippen LogP contribution in [0.1, 0.15) is 45.4 Å². The van der Waals surface area contributed by atoms with Gasteiger partial charge in [0.1, 0.15) is 11.5 Å². The Labute approximate surface area is 175 Å². The number of halogens is 1. The first-order valence-corrected chi connectivity index (χ1v) is 10.1. The molecule has 0 spiro atoms. The summed E-state index contributed by atoms with van der Waals surface area (Å²) in [5.74, 6) is 0.979. The Morgan fingerprint density at radius 3 is 2.67 bits per heavy atom. The average molecular weight is 408 g/mol. The number of aromatic nitrogens is 1.